The number of thiocarbonyl (C=S) groups is 1. The minimum atomic E-state index is -0.894. The second-order valence-electron chi connectivity index (χ2n) is 6.72. The fourth-order valence-corrected chi connectivity index (χ4v) is 3.55. The zero-order chi connectivity index (χ0) is 21.5. The highest BCUT2D eigenvalue weighted by molar-refractivity contribution is 7.80. The second kappa shape index (κ2) is 9.93. The normalized spacial score (nSPS) is 16.0. The molecule has 0 radical (unpaired) electrons. The van der Waals surface area contributed by atoms with Gasteiger partial charge in [-0.1, -0.05) is 30.3 Å². The van der Waals surface area contributed by atoms with Crippen molar-refractivity contribution in [3.05, 3.63) is 66.0 Å². The first kappa shape index (κ1) is 21.4. The average molecular weight is 426 g/mol. The highest BCUT2D eigenvalue weighted by Crippen LogP contribution is 2.19. The van der Waals surface area contributed by atoms with Crippen LogP contribution in [0.4, 0.5) is 0 Å². The van der Waals surface area contributed by atoms with Crippen LogP contribution in [0.3, 0.4) is 0 Å². The van der Waals surface area contributed by atoms with Gasteiger partial charge in [-0.25, -0.2) is 5.01 Å². The van der Waals surface area contributed by atoms with E-state index in [1.807, 2.05) is 30.3 Å². The first-order valence-corrected chi connectivity index (χ1v) is 10.1. The number of pyridine rings is 1. The average Bonchev–Trinajstić information content (AvgIpc) is 2.98. The molecule has 1 saturated heterocycles. The number of hydrogen-bond acceptors (Lipinski definition) is 5. The first-order chi connectivity index (χ1) is 14.5. The van der Waals surface area contributed by atoms with Crippen LogP contribution in [-0.2, 0) is 16.0 Å². The molecule has 2 heterocycles. The van der Waals surface area contributed by atoms with E-state index in [1.54, 1.807) is 25.3 Å². The Morgan fingerprint density at radius 2 is 1.93 bits per heavy atom. The Labute approximate surface area is 180 Å². The van der Waals surface area contributed by atoms with Crippen LogP contribution in [-0.4, -0.2) is 56.9 Å². The maximum Gasteiger partial charge on any atom is 0.271 e. The van der Waals surface area contributed by atoms with Crippen molar-refractivity contribution < 1.29 is 14.4 Å². The molecule has 30 heavy (non-hydrogen) atoms. The minimum absolute atomic E-state index is 0.114. The molecular formula is C21H23N5O3S. The molecule has 0 aliphatic carbocycles. The van der Waals surface area contributed by atoms with Crippen molar-refractivity contribution in [2.75, 3.05) is 13.1 Å². The predicted octanol–water partition coefficient (Wildman–Crippen LogP) is 1.29. The number of aromatic nitrogens is 1. The van der Waals surface area contributed by atoms with E-state index in [0.717, 1.165) is 5.56 Å². The molecule has 2 aromatic rings. The van der Waals surface area contributed by atoms with Gasteiger partial charge in [0.1, 0.15) is 6.04 Å². The fourth-order valence-electron chi connectivity index (χ4n) is 3.15. The number of hydrazine groups is 1. The van der Waals surface area contributed by atoms with E-state index in [4.69, 9.17) is 12.2 Å². The van der Waals surface area contributed by atoms with Gasteiger partial charge in [0.15, 0.2) is 5.11 Å². The molecule has 3 amide bonds. The lowest BCUT2D eigenvalue weighted by Crippen LogP contribution is -2.50. The summed E-state index contributed by atoms with van der Waals surface area (Å²) in [5.74, 6) is -1.05. The van der Waals surface area contributed by atoms with Crippen LogP contribution in [0.2, 0.25) is 0 Å². The monoisotopic (exact) mass is 425 g/mol. The standard InChI is InChI=1S/C21H23N5O3S/c1-2-25-20(29)17(13-18(27)23-12-10-15-7-4-3-5-8-15)26(21(25)30)24-19(28)16-9-6-11-22-14-16/h3-9,11,14,17H,2,10,12-13H2,1H3,(H,23,27)(H,24,28)/t17-/m1/s1. The summed E-state index contributed by atoms with van der Waals surface area (Å²) in [6.45, 7) is 2.59. The van der Waals surface area contributed by atoms with E-state index in [2.05, 4.69) is 15.7 Å². The van der Waals surface area contributed by atoms with E-state index >= 15 is 0 Å². The van der Waals surface area contributed by atoms with Gasteiger partial charge in [-0.05, 0) is 43.3 Å². The van der Waals surface area contributed by atoms with Crippen LogP contribution in [0.15, 0.2) is 54.9 Å². The summed E-state index contributed by atoms with van der Waals surface area (Å²) < 4.78 is 0. The number of rotatable bonds is 8. The lowest BCUT2D eigenvalue weighted by Gasteiger charge is -2.24. The fraction of sp³-hybridized carbons (Fsp3) is 0.286. The van der Waals surface area contributed by atoms with Gasteiger partial charge < -0.3 is 5.32 Å². The van der Waals surface area contributed by atoms with Crippen molar-refractivity contribution in [2.45, 2.75) is 25.8 Å². The lowest BCUT2D eigenvalue weighted by atomic mass is 10.1. The van der Waals surface area contributed by atoms with Crippen molar-refractivity contribution >= 4 is 35.1 Å². The Morgan fingerprint density at radius 1 is 1.17 bits per heavy atom. The van der Waals surface area contributed by atoms with Crippen LogP contribution in [0.25, 0.3) is 0 Å². The van der Waals surface area contributed by atoms with Gasteiger partial charge in [0.25, 0.3) is 11.8 Å². The Kier molecular flexibility index (Phi) is 7.08. The summed E-state index contributed by atoms with van der Waals surface area (Å²) in [6, 6.07) is 12.1. The number of carbonyl (C=O) groups excluding carboxylic acids is 3. The topological polar surface area (TPSA) is 94.6 Å². The Morgan fingerprint density at radius 3 is 2.60 bits per heavy atom. The molecule has 0 unspecified atom stereocenters. The van der Waals surface area contributed by atoms with Crippen LogP contribution in [0.1, 0.15) is 29.3 Å². The predicted molar refractivity (Wildman–Crippen MR) is 115 cm³/mol. The number of nitrogens with one attached hydrogen (secondary N) is 2. The quantitative estimate of drug-likeness (QED) is 0.619. The van der Waals surface area contributed by atoms with Crippen molar-refractivity contribution in [1.82, 2.24) is 25.6 Å². The van der Waals surface area contributed by atoms with Crippen LogP contribution in [0, 0.1) is 0 Å². The number of nitrogens with zero attached hydrogens (tertiary/aromatic N) is 3. The number of hydrogen-bond donors (Lipinski definition) is 2. The van der Waals surface area contributed by atoms with Gasteiger partial charge >= 0.3 is 0 Å². The molecule has 1 fully saturated rings. The maximum absolute atomic E-state index is 12.8. The van der Waals surface area contributed by atoms with Gasteiger partial charge in [0, 0.05) is 25.5 Å². The molecule has 156 valence electrons. The molecule has 1 aromatic heterocycles. The van der Waals surface area contributed by atoms with Gasteiger partial charge in [-0.2, -0.15) is 0 Å². The molecule has 0 spiro atoms. The minimum Gasteiger partial charge on any atom is -0.356 e. The zero-order valence-corrected chi connectivity index (χ0v) is 17.4. The molecule has 8 nitrogen and oxygen atoms in total. The summed E-state index contributed by atoms with van der Waals surface area (Å²) >= 11 is 5.36. The summed E-state index contributed by atoms with van der Waals surface area (Å²) in [7, 11) is 0. The Hall–Kier alpha value is -3.33. The third kappa shape index (κ3) is 4.98. The van der Waals surface area contributed by atoms with E-state index < -0.39 is 11.9 Å². The lowest BCUT2D eigenvalue weighted by molar-refractivity contribution is -0.132. The van der Waals surface area contributed by atoms with Crippen LogP contribution < -0.4 is 10.7 Å². The molecule has 1 aliphatic heterocycles. The van der Waals surface area contributed by atoms with Gasteiger partial charge in [0.05, 0.1) is 12.0 Å². The highest BCUT2D eigenvalue weighted by atomic mass is 32.1. The van der Waals surface area contributed by atoms with Gasteiger partial charge in [-0.3, -0.25) is 29.7 Å². The highest BCUT2D eigenvalue weighted by Gasteiger charge is 2.43. The largest absolute Gasteiger partial charge is 0.356 e. The van der Waals surface area contributed by atoms with Crippen molar-refractivity contribution in [3.8, 4) is 0 Å². The van der Waals surface area contributed by atoms with Gasteiger partial charge in [0.2, 0.25) is 5.91 Å². The van der Waals surface area contributed by atoms with E-state index in [9.17, 15) is 14.4 Å². The van der Waals surface area contributed by atoms with Crippen LogP contribution >= 0.6 is 12.2 Å². The number of amides is 3. The Balaban J connectivity index is 1.63. The summed E-state index contributed by atoms with van der Waals surface area (Å²) in [4.78, 5) is 43.0. The third-order valence-electron chi connectivity index (χ3n) is 4.72. The zero-order valence-electron chi connectivity index (χ0n) is 16.6. The summed E-state index contributed by atoms with van der Waals surface area (Å²) in [5, 5.41) is 4.30. The van der Waals surface area contributed by atoms with E-state index in [0.29, 0.717) is 25.1 Å². The Bertz CT molecular complexity index is 923. The van der Waals surface area contributed by atoms with Crippen molar-refractivity contribution in [3.63, 3.8) is 0 Å². The third-order valence-corrected chi connectivity index (χ3v) is 5.14. The molecule has 3 rings (SSSR count). The maximum atomic E-state index is 12.8. The first-order valence-electron chi connectivity index (χ1n) is 9.67. The molecule has 0 saturated carbocycles. The molecule has 1 atom stereocenters. The number of carbonyl (C=O) groups is 3. The van der Waals surface area contributed by atoms with Crippen LogP contribution in [0.5, 0.6) is 0 Å². The molecule has 9 heteroatoms. The smallest absolute Gasteiger partial charge is 0.271 e. The van der Waals surface area contributed by atoms with Gasteiger partial charge in [-0.15, -0.1) is 0 Å². The molecular weight excluding hydrogens is 402 g/mol. The molecule has 1 aliphatic rings. The molecule has 0 bridgehead atoms. The molecule has 2 N–H and O–H groups in total. The summed E-state index contributed by atoms with van der Waals surface area (Å²) in [6.07, 6.45) is 3.55. The number of likely N-dealkylation sites (N-methyl/N-ethyl adjacent to an activating group) is 1. The molecule has 1 aromatic carbocycles. The van der Waals surface area contributed by atoms with Crippen molar-refractivity contribution in [2.24, 2.45) is 0 Å². The van der Waals surface area contributed by atoms with E-state index in [1.165, 1.54) is 16.1 Å². The number of benzene rings is 1. The van der Waals surface area contributed by atoms with Crippen molar-refractivity contribution in [1.29, 1.82) is 0 Å². The second-order valence-corrected chi connectivity index (χ2v) is 7.09. The SMILES string of the molecule is CCN1C(=O)[C@@H](CC(=O)NCCc2ccccc2)N(NC(=O)c2cccnc2)C1=S. The summed E-state index contributed by atoms with van der Waals surface area (Å²) in [5.41, 5.74) is 4.08. The van der Waals surface area contributed by atoms with E-state index in [-0.39, 0.29) is 23.3 Å².